The highest BCUT2D eigenvalue weighted by Crippen LogP contribution is 2.17. The van der Waals surface area contributed by atoms with Crippen molar-refractivity contribution < 1.29 is 4.74 Å². The van der Waals surface area contributed by atoms with Crippen molar-refractivity contribution >= 4 is 11.8 Å². The zero-order chi connectivity index (χ0) is 8.81. The van der Waals surface area contributed by atoms with E-state index in [1.807, 2.05) is 0 Å². The lowest BCUT2D eigenvalue weighted by molar-refractivity contribution is 0.165. The van der Waals surface area contributed by atoms with Crippen molar-refractivity contribution in [3.8, 4) is 0 Å². The molecule has 0 bridgehead atoms. The van der Waals surface area contributed by atoms with Crippen molar-refractivity contribution in [2.45, 2.75) is 31.8 Å². The van der Waals surface area contributed by atoms with Crippen LogP contribution in [0.2, 0.25) is 0 Å². The molecule has 0 radical (unpaired) electrons. The van der Waals surface area contributed by atoms with E-state index in [4.69, 9.17) is 4.74 Å². The summed E-state index contributed by atoms with van der Waals surface area (Å²) in [5, 5.41) is 3.58. The first-order valence-corrected chi connectivity index (χ1v) is 5.81. The van der Waals surface area contributed by atoms with Crippen LogP contribution in [0.4, 0.5) is 0 Å². The lowest BCUT2D eigenvalue weighted by atomic mass is 10.1. The summed E-state index contributed by atoms with van der Waals surface area (Å²) < 4.78 is 5.08. The fourth-order valence-corrected chi connectivity index (χ4v) is 2.67. The fourth-order valence-electron chi connectivity index (χ4n) is 1.56. The molecule has 1 N–H and O–H groups in total. The Labute approximate surface area is 79.4 Å². The molecule has 1 saturated heterocycles. The molecule has 1 rings (SSSR count). The molecule has 12 heavy (non-hydrogen) atoms. The Morgan fingerprint density at radius 3 is 2.75 bits per heavy atom. The van der Waals surface area contributed by atoms with Gasteiger partial charge in [-0.2, -0.15) is 11.8 Å². The number of rotatable bonds is 4. The molecule has 2 nitrogen and oxygen atoms in total. The van der Waals surface area contributed by atoms with Crippen LogP contribution in [0.1, 0.15) is 19.8 Å². The van der Waals surface area contributed by atoms with Crippen molar-refractivity contribution in [1.82, 2.24) is 5.32 Å². The van der Waals surface area contributed by atoms with Gasteiger partial charge in [-0.15, -0.1) is 0 Å². The van der Waals surface area contributed by atoms with Crippen molar-refractivity contribution in [3.05, 3.63) is 0 Å². The minimum absolute atomic E-state index is 0.503. The van der Waals surface area contributed by atoms with Gasteiger partial charge in [0.25, 0.3) is 0 Å². The second kappa shape index (κ2) is 5.84. The highest BCUT2D eigenvalue weighted by molar-refractivity contribution is 7.99. The van der Waals surface area contributed by atoms with Crippen LogP contribution in [0.3, 0.4) is 0 Å². The maximum Gasteiger partial charge on any atom is 0.0613 e. The van der Waals surface area contributed by atoms with Crippen LogP contribution in [0.15, 0.2) is 0 Å². The smallest absolute Gasteiger partial charge is 0.0613 e. The predicted octanol–water partition coefficient (Wildman–Crippen LogP) is 1.51. The quantitative estimate of drug-likeness (QED) is 0.724. The predicted molar refractivity (Wildman–Crippen MR) is 54.8 cm³/mol. The second-order valence-electron chi connectivity index (χ2n) is 3.41. The van der Waals surface area contributed by atoms with E-state index in [2.05, 4.69) is 24.0 Å². The Kier molecular flexibility index (Phi) is 5.04. The molecule has 1 aliphatic heterocycles. The molecule has 0 aromatic heterocycles. The van der Waals surface area contributed by atoms with E-state index < -0.39 is 0 Å². The monoisotopic (exact) mass is 189 g/mol. The van der Waals surface area contributed by atoms with E-state index in [-0.39, 0.29) is 0 Å². The molecule has 1 fully saturated rings. The normalized spacial score (nSPS) is 22.5. The summed E-state index contributed by atoms with van der Waals surface area (Å²) in [6.45, 7) is 3.01. The third-order valence-corrected chi connectivity index (χ3v) is 3.21. The van der Waals surface area contributed by atoms with Crippen LogP contribution in [-0.4, -0.2) is 37.3 Å². The lowest BCUT2D eigenvalue weighted by Crippen LogP contribution is -2.40. The summed E-state index contributed by atoms with van der Waals surface area (Å²) in [7, 11) is 1.76. The molecule has 1 atom stereocenters. The third kappa shape index (κ3) is 3.78. The molecule has 1 aliphatic rings. The third-order valence-electron chi connectivity index (χ3n) is 2.16. The van der Waals surface area contributed by atoms with Gasteiger partial charge in [-0.3, -0.25) is 0 Å². The molecule has 1 heterocycles. The number of nitrogens with one attached hydrogen (secondary N) is 1. The zero-order valence-corrected chi connectivity index (χ0v) is 8.82. The Hall–Kier alpha value is 0.270. The van der Waals surface area contributed by atoms with Crippen LogP contribution in [-0.2, 0) is 4.74 Å². The summed E-state index contributed by atoms with van der Waals surface area (Å²) in [5.74, 6) is 2.63. The SMILES string of the molecule is COCC(C)NC1CCSCC1. The van der Waals surface area contributed by atoms with Crippen LogP contribution in [0.25, 0.3) is 0 Å². The minimum Gasteiger partial charge on any atom is -0.383 e. The van der Waals surface area contributed by atoms with Crippen molar-refractivity contribution in [2.75, 3.05) is 25.2 Å². The van der Waals surface area contributed by atoms with Gasteiger partial charge in [0.15, 0.2) is 0 Å². The van der Waals surface area contributed by atoms with Crippen molar-refractivity contribution in [2.24, 2.45) is 0 Å². The largest absolute Gasteiger partial charge is 0.383 e. The standard InChI is InChI=1S/C9H19NOS/c1-8(7-11-2)10-9-3-5-12-6-4-9/h8-10H,3-7H2,1-2H3. The Morgan fingerprint density at radius 2 is 2.17 bits per heavy atom. The molecule has 0 saturated carbocycles. The van der Waals surface area contributed by atoms with E-state index in [0.29, 0.717) is 6.04 Å². The van der Waals surface area contributed by atoms with E-state index in [9.17, 15) is 0 Å². The molecular weight excluding hydrogens is 170 g/mol. The molecular formula is C9H19NOS. The van der Waals surface area contributed by atoms with Gasteiger partial charge in [0.1, 0.15) is 0 Å². The first-order valence-electron chi connectivity index (χ1n) is 4.65. The Morgan fingerprint density at radius 1 is 1.50 bits per heavy atom. The zero-order valence-electron chi connectivity index (χ0n) is 8.01. The van der Waals surface area contributed by atoms with Crippen LogP contribution < -0.4 is 5.32 Å². The average molecular weight is 189 g/mol. The summed E-state index contributed by atoms with van der Waals surface area (Å²) in [5.41, 5.74) is 0. The topological polar surface area (TPSA) is 21.3 Å². The van der Waals surface area contributed by atoms with Crippen molar-refractivity contribution in [1.29, 1.82) is 0 Å². The highest BCUT2D eigenvalue weighted by atomic mass is 32.2. The number of methoxy groups -OCH3 is 1. The molecule has 0 aromatic carbocycles. The van der Waals surface area contributed by atoms with E-state index in [1.54, 1.807) is 7.11 Å². The molecule has 0 aromatic rings. The van der Waals surface area contributed by atoms with E-state index in [0.717, 1.165) is 12.6 Å². The van der Waals surface area contributed by atoms with E-state index in [1.165, 1.54) is 24.3 Å². The van der Waals surface area contributed by atoms with Gasteiger partial charge in [0.05, 0.1) is 6.61 Å². The first-order chi connectivity index (χ1) is 5.83. The molecule has 0 aliphatic carbocycles. The number of ether oxygens (including phenoxy) is 1. The number of thioether (sulfide) groups is 1. The van der Waals surface area contributed by atoms with E-state index >= 15 is 0 Å². The minimum atomic E-state index is 0.503. The van der Waals surface area contributed by atoms with Crippen LogP contribution >= 0.6 is 11.8 Å². The Bertz CT molecular complexity index is 115. The first kappa shape index (κ1) is 10.4. The van der Waals surface area contributed by atoms with Gasteiger partial charge in [-0.1, -0.05) is 0 Å². The summed E-state index contributed by atoms with van der Waals surface area (Å²) in [6, 6.07) is 1.24. The van der Waals surface area contributed by atoms with Gasteiger partial charge >= 0.3 is 0 Å². The summed E-state index contributed by atoms with van der Waals surface area (Å²) >= 11 is 2.07. The molecule has 0 spiro atoms. The second-order valence-corrected chi connectivity index (χ2v) is 4.63. The van der Waals surface area contributed by atoms with Gasteiger partial charge in [-0.25, -0.2) is 0 Å². The van der Waals surface area contributed by atoms with Gasteiger partial charge < -0.3 is 10.1 Å². The Balaban J connectivity index is 2.11. The van der Waals surface area contributed by atoms with Gasteiger partial charge in [-0.05, 0) is 31.3 Å². The summed E-state index contributed by atoms with van der Waals surface area (Å²) in [6.07, 6.45) is 2.64. The maximum atomic E-state index is 5.08. The van der Waals surface area contributed by atoms with Crippen LogP contribution in [0, 0.1) is 0 Å². The number of hydrogen-bond acceptors (Lipinski definition) is 3. The molecule has 72 valence electrons. The maximum absolute atomic E-state index is 5.08. The molecule has 3 heteroatoms. The highest BCUT2D eigenvalue weighted by Gasteiger charge is 2.14. The number of hydrogen-bond donors (Lipinski definition) is 1. The van der Waals surface area contributed by atoms with Gasteiger partial charge in [0.2, 0.25) is 0 Å². The van der Waals surface area contributed by atoms with Gasteiger partial charge in [0, 0.05) is 19.2 Å². The van der Waals surface area contributed by atoms with Crippen molar-refractivity contribution in [3.63, 3.8) is 0 Å². The average Bonchev–Trinajstić information content (AvgIpc) is 2.06. The molecule has 1 unspecified atom stereocenters. The van der Waals surface area contributed by atoms with Crippen LogP contribution in [0.5, 0.6) is 0 Å². The summed E-state index contributed by atoms with van der Waals surface area (Å²) in [4.78, 5) is 0. The molecule has 0 amide bonds. The lowest BCUT2D eigenvalue weighted by Gasteiger charge is -2.25. The fraction of sp³-hybridized carbons (Fsp3) is 1.00.